The summed E-state index contributed by atoms with van der Waals surface area (Å²) in [5.41, 5.74) is 5.59. The topological polar surface area (TPSA) is 0 Å². The molecule has 1 heteroatoms. The monoisotopic (exact) mass is 172 g/mol. The Labute approximate surface area is 76.2 Å². The maximum Gasteiger partial charge on any atom is -0.00990 e. The van der Waals surface area contributed by atoms with E-state index >= 15 is 0 Å². The molecule has 0 N–H and O–H groups in total. The maximum absolute atomic E-state index is 2.18. The predicted octanol–water partition coefficient (Wildman–Crippen LogP) is 3.49. The fourth-order valence-corrected chi connectivity index (χ4v) is 1.84. The van der Waals surface area contributed by atoms with E-state index in [9.17, 15) is 0 Å². The lowest BCUT2D eigenvalue weighted by Gasteiger charge is -2.22. The third-order valence-electron chi connectivity index (χ3n) is 2.43. The van der Waals surface area contributed by atoms with Crippen molar-refractivity contribution in [2.45, 2.75) is 0 Å². The maximum atomic E-state index is 2.18. The highest BCUT2D eigenvalue weighted by molar-refractivity contribution is 6.01. The lowest BCUT2D eigenvalue weighted by atomic mass is 9.81. The number of halogens is 1. The molecule has 0 aliphatic heterocycles. The highest BCUT2D eigenvalue weighted by atomic mass is 19.0. The molecule has 0 fully saturated rings. The third kappa shape index (κ3) is 0.903. The molecule has 64 valence electrons. The van der Waals surface area contributed by atoms with Crippen LogP contribution in [-0.2, 0) is 0 Å². The summed E-state index contributed by atoms with van der Waals surface area (Å²) in [4.78, 5) is 0. The van der Waals surface area contributed by atoms with Crippen LogP contribution in [0.25, 0.3) is 22.3 Å². The van der Waals surface area contributed by atoms with Crippen molar-refractivity contribution in [2.75, 3.05) is 0 Å². The molecule has 0 amide bonds. The zero-order chi connectivity index (χ0) is 7.97. The SMILES string of the molecule is F.c1ccc2c(c1)-c1ccccc1-2. The van der Waals surface area contributed by atoms with E-state index in [0.29, 0.717) is 0 Å². The van der Waals surface area contributed by atoms with Gasteiger partial charge in [0.1, 0.15) is 0 Å². The van der Waals surface area contributed by atoms with Crippen molar-refractivity contribution < 1.29 is 4.70 Å². The molecule has 3 rings (SSSR count). The molecule has 0 radical (unpaired) electrons. The Bertz CT molecular complexity index is 346. The van der Waals surface area contributed by atoms with Crippen molar-refractivity contribution in [3.63, 3.8) is 0 Å². The Morgan fingerprint density at radius 1 is 0.462 bits per heavy atom. The van der Waals surface area contributed by atoms with Crippen LogP contribution < -0.4 is 0 Å². The minimum Gasteiger partial charge on any atom is -0.269 e. The molecule has 2 aromatic rings. The van der Waals surface area contributed by atoms with Crippen LogP contribution in [0.4, 0.5) is 4.70 Å². The van der Waals surface area contributed by atoms with Crippen LogP contribution in [0, 0.1) is 0 Å². The number of hydrogen-bond donors (Lipinski definition) is 0. The fraction of sp³-hybridized carbons (Fsp3) is 0. The summed E-state index contributed by atoms with van der Waals surface area (Å²) < 4.78 is 0. The van der Waals surface area contributed by atoms with Gasteiger partial charge < -0.3 is 0 Å². The van der Waals surface area contributed by atoms with Gasteiger partial charge in [0.25, 0.3) is 0 Å². The average Bonchev–Trinajstić information content (AvgIpc) is 2.14. The Morgan fingerprint density at radius 2 is 0.692 bits per heavy atom. The first-order valence-corrected chi connectivity index (χ1v) is 4.15. The smallest absolute Gasteiger partial charge is 0.00990 e. The van der Waals surface area contributed by atoms with Crippen LogP contribution in [0.5, 0.6) is 0 Å². The molecule has 0 heterocycles. The van der Waals surface area contributed by atoms with Gasteiger partial charge in [-0.25, -0.2) is 0 Å². The quantitative estimate of drug-likeness (QED) is 0.487. The highest BCUT2D eigenvalue weighted by Gasteiger charge is 2.19. The van der Waals surface area contributed by atoms with Gasteiger partial charge in [-0.3, -0.25) is 4.70 Å². The molecule has 0 spiro atoms. The molecule has 0 saturated carbocycles. The number of fused-ring (bicyclic) bond motifs is 4. The largest absolute Gasteiger partial charge is 0.269 e. The molecule has 0 nitrogen and oxygen atoms in total. The minimum absolute atomic E-state index is 0. The van der Waals surface area contributed by atoms with Crippen LogP contribution in [0.1, 0.15) is 0 Å². The van der Waals surface area contributed by atoms with Crippen LogP contribution in [0.15, 0.2) is 48.5 Å². The van der Waals surface area contributed by atoms with Crippen molar-refractivity contribution in [3.05, 3.63) is 48.5 Å². The summed E-state index contributed by atoms with van der Waals surface area (Å²) in [6.07, 6.45) is 0. The van der Waals surface area contributed by atoms with Crippen molar-refractivity contribution in [3.8, 4) is 22.3 Å². The molecule has 0 aromatic heterocycles. The van der Waals surface area contributed by atoms with Gasteiger partial charge in [0.15, 0.2) is 0 Å². The molecule has 0 bridgehead atoms. The lowest BCUT2D eigenvalue weighted by molar-refractivity contribution is 1.11. The van der Waals surface area contributed by atoms with E-state index in [-0.39, 0.29) is 4.70 Å². The molecule has 13 heavy (non-hydrogen) atoms. The molecule has 0 unspecified atom stereocenters. The van der Waals surface area contributed by atoms with E-state index in [1.165, 1.54) is 22.3 Å². The summed E-state index contributed by atoms with van der Waals surface area (Å²) in [5, 5.41) is 0. The molecular weight excluding hydrogens is 163 g/mol. The van der Waals surface area contributed by atoms with Gasteiger partial charge in [0.2, 0.25) is 0 Å². The summed E-state index contributed by atoms with van der Waals surface area (Å²) in [6, 6.07) is 17.1. The van der Waals surface area contributed by atoms with Crippen molar-refractivity contribution in [2.24, 2.45) is 0 Å². The van der Waals surface area contributed by atoms with Crippen molar-refractivity contribution in [1.29, 1.82) is 0 Å². The van der Waals surface area contributed by atoms with Gasteiger partial charge in [-0.15, -0.1) is 0 Å². The fourth-order valence-electron chi connectivity index (χ4n) is 1.84. The summed E-state index contributed by atoms with van der Waals surface area (Å²) in [5.74, 6) is 0. The van der Waals surface area contributed by atoms with Crippen molar-refractivity contribution in [1.82, 2.24) is 0 Å². The lowest BCUT2D eigenvalue weighted by Crippen LogP contribution is -1.96. The molecule has 1 aliphatic carbocycles. The summed E-state index contributed by atoms with van der Waals surface area (Å²) in [7, 11) is 0. The van der Waals surface area contributed by atoms with E-state index < -0.39 is 0 Å². The average molecular weight is 172 g/mol. The van der Waals surface area contributed by atoms with Gasteiger partial charge in [-0.05, 0) is 22.3 Å². The van der Waals surface area contributed by atoms with E-state index in [2.05, 4.69) is 48.5 Å². The molecule has 2 aromatic carbocycles. The molecule has 1 aliphatic rings. The highest BCUT2D eigenvalue weighted by Crippen LogP contribution is 2.46. The summed E-state index contributed by atoms with van der Waals surface area (Å²) in [6.45, 7) is 0. The van der Waals surface area contributed by atoms with E-state index in [1.54, 1.807) is 0 Å². The first kappa shape index (κ1) is 7.99. The summed E-state index contributed by atoms with van der Waals surface area (Å²) >= 11 is 0. The molecule has 0 atom stereocenters. The van der Waals surface area contributed by atoms with E-state index in [4.69, 9.17) is 0 Å². The van der Waals surface area contributed by atoms with Gasteiger partial charge in [-0.2, -0.15) is 0 Å². The number of benzene rings is 2. The van der Waals surface area contributed by atoms with Crippen LogP contribution >= 0.6 is 0 Å². The second kappa shape index (κ2) is 2.70. The van der Waals surface area contributed by atoms with Gasteiger partial charge in [-0.1, -0.05) is 48.5 Å². The zero-order valence-corrected chi connectivity index (χ0v) is 7.03. The first-order valence-electron chi connectivity index (χ1n) is 4.15. The number of rotatable bonds is 0. The first-order chi connectivity index (χ1) is 5.97. The second-order valence-electron chi connectivity index (χ2n) is 3.09. The predicted molar refractivity (Wildman–Crippen MR) is 53.4 cm³/mol. The molecular formula is C12H9F. The van der Waals surface area contributed by atoms with Crippen LogP contribution in [0.3, 0.4) is 0 Å². The normalized spacial score (nSPS) is 10.5. The van der Waals surface area contributed by atoms with E-state index in [0.717, 1.165) is 0 Å². The standard InChI is InChI=1S/C12H8.FH/c1-2-6-10-9(5-1)11-7-3-4-8-12(10)11;/h1-8H;1H. The second-order valence-corrected chi connectivity index (χ2v) is 3.09. The third-order valence-corrected chi connectivity index (χ3v) is 2.43. The van der Waals surface area contributed by atoms with Crippen LogP contribution in [-0.4, -0.2) is 0 Å². The van der Waals surface area contributed by atoms with Gasteiger partial charge >= 0.3 is 0 Å². The van der Waals surface area contributed by atoms with Crippen molar-refractivity contribution >= 4 is 0 Å². The Kier molecular flexibility index (Phi) is 1.66. The Hall–Kier alpha value is -1.63. The van der Waals surface area contributed by atoms with Gasteiger partial charge in [0.05, 0.1) is 0 Å². The Morgan fingerprint density at radius 3 is 0.923 bits per heavy atom. The number of hydrogen-bond acceptors (Lipinski definition) is 0. The van der Waals surface area contributed by atoms with Gasteiger partial charge in [0, 0.05) is 0 Å². The van der Waals surface area contributed by atoms with Crippen LogP contribution in [0.2, 0.25) is 0 Å². The zero-order valence-electron chi connectivity index (χ0n) is 7.03. The van der Waals surface area contributed by atoms with E-state index in [1.807, 2.05) is 0 Å². The minimum atomic E-state index is 0. The Balaban J connectivity index is 0.000000653. The molecule has 0 saturated heterocycles.